The number of nitrogens with one attached hydrogen (secondary N) is 2. The molecular formula is C24H20FN3O3S. The molecule has 3 aromatic carbocycles. The number of imide groups is 1. The van der Waals surface area contributed by atoms with Crippen molar-refractivity contribution in [3.05, 3.63) is 90.2 Å². The van der Waals surface area contributed by atoms with E-state index in [1.54, 1.807) is 12.1 Å². The van der Waals surface area contributed by atoms with Gasteiger partial charge in [0, 0.05) is 9.79 Å². The van der Waals surface area contributed by atoms with Crippen molar-refractivity contribution in [3.8, 4) is 0 Å². The highest BCUT2D eigenvalue weighted by atomic mass is 32.2. The van der Waals surface area contributed by atoms with E-state index in [1.807, 2.05) is 42.5 Å². The monoisotopic (exact) mass is 449 g/mol. The summed E-state index contributed by atoms with van der Waals surface area (Å²) in [5.41, 5.74) is -0.351. The van der Waals surface area contributed by atoms with Crippen LogP contribution in [0.3, 0.4) is 0 Å². The minimum atomic E-state index is -1.37. The highest BCUT2D eigenvalue weighted by molar-refractivity contribution is 7.99. The van der Waals surface area contributed by atoms with Crippen LogP contribution in [0.4, 0.5) is 14.9 Å². The van der Waals surface area contributed by atoms with Gasteiger partial charge in [-0.3, -0.25) is 14.5 Å². The standard InChI is InChI=1S/C24H20FN3O3S/c1-24(16-11-13-17(25)14-12-16)22(30)28(23(31)27-24)15-21(29)26-19-9-5-6-10-20(19)32-18-7-3-2-4-8-18/h2-14H,15H2,1H3,(H,26,29)(H,27,31). The third kappa shape index (κ3) is 4.36. The molecule has 8 heteroatoms. The molecule has 0 aromatic heterocycles. The Bertz CT molecular complexity index is 1170. The van der Waals surface area contributed by atoms with Gasteiger partial charge in [0.15, 0.2) is 0 Å². The van der Waals surface area contributed by atoms with Crippen LogP contribution in [0, 0.1) is 5.82 Å². The number of benzene rings is 3. The maximum atomic E-state index is 13.3. The zero-order valence-electron chi connectivity index (χ0n) is 17.2. The molecule has 0 spiro atoms. The average Bonchev–Trinajstić information content (AvgIpc) is 3.00. The van der Waals surface area contributed by atoms with Gasteiger partial charge >= 0.3 is 6.03 Å². The molecule has 6 nitrogen and oxygen atoms in total. The van der Waals surface area contributed by atoms with E-state index < -0.39 is 35.7 Å². The molecule has 32 heavy (non-hydrogen) atoms. The van der Waals surface area contributed by atoms with Crippen molar-refractivity contribution in [2.75, 3.05) is 11.9 Å². The van der Waals surface area contributed by atoms with Gasteiger partial charge in [0.1, 0.15) is 17.9 Å². The summed E-state index contributed by atoms with van der Waals surface area (Å²) >= 11 is 1.49. The van der Waals surface area contributed by atoms with Crippen LogP contribution in [0.2, 0.25) is 0 Å². The predicted octanol–water partition coefficient (Wildman–Crippen LogP) is 4.38. The molecule has 1 heterocycles. The molecule has 1 aliphatic rings. The summed E-state index contributed by atoms with van der Waals surface area (Å²) in [7, 11) is 0. The summed E-state index contributed by atoms with van der Waals surface area (Å²) in [4.78, 5) is 40.9. The molecule has 1 atom stereocenters. The second-order valence-electron chi connectivity index (χ2n) is 7.41. The van der Waals surface area contributed by atoms with Crippen molar-refractivity contribution in [2.24, 2.45) is 0 Å². The Kier molecular flexibility index (Phi) is 5.96. The minimum absolute atomic E-state index is 0.435. The number of amides is 4. The Hall–Kier alpha value is -3.65. The molecule has 0 bridgehead atoms. The Balaban J connectivity index is 1.47. The molecule has 4 rings (SSSR count). The Morgan fingerprint density at radius 2 is 1.66 bits per heavy atom. The smallest absolute Gasteiger partial charge is 0.323 e. The Morgan fingerprint density at radius 1 is 1.00 bits per heavy atom. The highest BCUT2D eigenvalue weighted by Crippen LogP contribution is 2.33. The van der Waals surface area contributed by atoms with Crippen molar-refractivity contribution in [3.63, 3.8) is 0 Å². The summed E-state index contributed by atoms with van der Waals surface area (Å²) in [6.45, 7) is 1.09. The number of hydrogen-bond donors (Lipinski definition) is 2. The van der Waals surface area contributed by atoms with Gasteiger partial charge < -0.3 is 10.6 Å². The van der Waals surface area contributed by atoms with Gasteiger partial charge in [0.05, 0.1) is 5.69 Å². The van der Waals surface area contributed by atoms with E-state index in [1.165, 1.54) is 43.0 Å². The molecule has 1 saturated heterocycles. The number of urea groups is 1. The fraction of sp³-hybridized carbons (Fsp3) is 0.125. The summed E-state index contributed by atoms with van der Waals surface area (Å²) in [6.07, 6.45) is 0. The number of anilines is 1. The molecule has 2 N–H and O–H groups in total. The Labute approximate surface area is 188 Å². The normalized spacial score (nSPS) is 17.9. The minimum Gasteiger partial charge on any atom is -0.323 e. The number of carbonyl (C=O) groups is 3. The van der Waals surface area contributed by atoms with Crippen LogP contribution in [0.25, 0.3) is 0 Å². The van der Waals surface area contributed by atoms with Gasteiger partial charge in [-0.2, -0.15) is 0 Å². The van der Waals surface area contributed by atoms with Crippen molar-refractivity contribution in [1.29, 1.82) is 0 Å². The summed E-state index contributed by atoms with van der Waals surface area (Å²) < 4.78 is 13.3. The van der Waals surface area contributed by atoms with E-state index >= 15 is 0 Å². The van der Waals surface area contributed by atoms with Gasteiger partial charge in [-0.1, -0.05) is 54.2 Å². The quantitative estimate of drug-likeness (QED) is 0.548. The van der Waals surface area contributed by atoms with Crippen molar-refractivity contribution in [2.45, 2.75) is 22.3 Å². The number of rotatable bonds is 6. The lowest BCUT2D eigenvalue weighted by Gasteiger charge is -2.22. The first-order chi connectivity index (χ1) is 15.4. The molecule has 3 aromatic rings. The van der Waals surface area contributed by atoms with Crippen LogP contribution in [0.1, 0.15) is 12.5 Å². The van der Waals surface area contributed by atoms with Gasteiger partial charge in [-0.05, 0) is 48.9 Å². The fourth-order valence-electron chi connectivity index (χ4n) is 3.43. The lowest BCUT2D eigenvalue weighted by Crippen LogP contribution is -2.42. The van der Waals surface area contributed by atoms with Gasteiger partial charge in [0.25, 0.3) is 5.91 Å². The summed E-state index contributed by atoms with van der Waals surface area (Å²) in [5.74, 6) is -1.52. The van der Waals surface area contributed by atoms with Crippen molar-refractivity contribution < 1.29 is 18.8 Å². The number of carbonyl (C=O) groups excluding carboxylic acids is 3. The first-order valence-corrected chi connectivity index (χ1v) is 10.7. The molecule has 1 aliphatic heterocycles. The van der Waals surface area contributed by atoms with E-state index in [4.69, 9.17) is 0 Å². The van der Waals surface area contributed by atoms with Crippen LogP contribution >= 0.6 is 11.8 Å². The molecule has 1 unspecified atom stereocenters. The van der Waals surface area contributed by atoms with Crippen molar-refractivity contribution >= 4 is 35.3 Å². The second kappa shape index (κ2) is 8.84. The molecule has 0 aliphatic carbocycles. The van der Waals surface area contributed by atoms with Gasteiger partial charge in [-0.25, -0.2) is 9.18 Å². The number of para-hydroxylation sites is 1. The third-order valence-electron chi connectivity index (χ3n) is 5.13. The van der Waals surface area contributed by atoms with Gasteiger partial charge in [-0.15, -0.1) is 0 Å². The third-order valence-corrected chi connectivity index (χ3v) is 6.21. The molecule has 162 valence electrons. The SMILES string of the molecule is CC1(c2ccc(F)cc2)NC(=O)N(CC(=O)Nc2ccccc2Sc2ccccc2)C1=O. The number of nitrogens with zero attached hydrogens (tertiary/aromatic N) is 1. The maximum Gasteiger partial charge on any atom is 0.325 e. The second-order valence-corrected chi connectivity index (χ2v) is 8.53. The number of hydrogen-bond acceptors (Lipinski definition) is 4. The van der Waals surface area contributed by atoms with Crippen LogP contribution in [-0.4, -0.2) is 29.3 Å². The lowest BCUT2D eigenvalue weighted by atomic mass is 9.92. The first kappa shape index (κ1) is 21.6. The van der Waals surface area contributed by atoms with Crippen LogP contribution in [0.15, 0.2) is 88.7 Å². The Morgan fingerprint density at radius 3 is 2.38 bits per heavy atom. The highest BCUT2D eigenvalue weighted by Gasteiger charge is 2.49. The van der Waals surface area contributed by atoms with Gasteiger partial charge in [0.2, 0.25) is 5.91 Å². The number of halogens is 1. The zero-order chi connectivity index (χ0) is 22.7. The van der Waals surface area contributed by atoms with E-state index in [2.05, 4.69) is 10.6 Å². The van der Waals surface area contributed by atoms with E-state index in [9.17, 15) is 18.8 Å². The van der Waals surface area contributed by atoms with Crippen LogP contribution < -0.4 is 10.6 Å². The van der Waals surface area contributed by atoms with E-state index in [0.717, 1.165) is 14.7 Å². The largest absolute Gasteiger partial charge is 0.325 e. The molecule has 0 saturated carbocycles. The maximum absolute atomic E-state index is 13.3. The average molecular weight is 450 g/mol. The summed E-state index contributed by atoms with van der Waals surface area (Å²) in [6, 6.07) is 21.7. The zero-order valence-corrected chi connectivity index (χ0v) is 18.0. The predicted molar refractivity (Wildman–Crippen MR) is 120 cm³/mol. The van der Waals surface area contributed by atoms with E-state index in [0.29, 0.717) is 11.3 Å². The van der Waals surface area contributed by atoms with Crippen LogP contribution in [-0.2, 0) is 15.1 Å². The molecule has 0 radical (unpaired) electrons. The van der Waals surface area contributed by atoms with Crippen molar-refractivity contribution in [1.82, 2.24) is 10.2 Å². The lowest BCUT2D eigenvalue weighted by molar-refractivity contribution is -0.133. The molecule has 1 fully saturated rings. The topological polar surface area (TPSA) is 78.5 Å². The fourth-order valence-corrected chi connectivity index (χ4v) is 4.35. The molecule has 4 amide bonds. The van der Waals surface area contributed by atoms with E-state index in [-0.39, 0.29) is 0 Å². The molecular weight excluding hydrogens is 429 g/mol. The summed E-state index contributed by atoms with van der Waals surface area (Å²) in [5, 5.41) is 5.40. The first-order valence-electron chi connectivity index (χ1n) is 9.89. The van der Waals surface area contributed by atoms with Crippen LogP contribution in [0.5, 0.6) is 0 Å².